The number of carbonyl (C=O) groups excluding carboxylic acids is 2. The first-order valence-corrected chi connectivity index (χ1v) is 14.5. The van der Waals surface area contributed by atoms with Gasteiger partial charge in [-0.15, -0.1) is 0 Å². The summed E-state index contributed by atoms with van der Waals surface area (Å²) in [4.78, 5) is 32.8. The smallest absolute Gasteiger partial charge is 0.253 e. The number of hydrogen-bond acceptors (Lipinski definition) is 4. The molecule has 5 rings (SSSR count). The molecular weight excluding hydrogens is 533 g/mol. The van der Waals surface area contributed by atoms with Crippen LogP contribution in [-0.4, -0.2) is 41.0 Å². The topological polar surface area (TPSA) is 79.3 Å². The van der Waals surface area contributed by atoms with Crippen LogP contribution in [0.3, 0.4) is 0 Å². The summed E-state index contributed by atoms with van der Waals surface area (Å²) in [6.07, 6.45) is 2.60. The zero-order valence-electron chi connectivity index (χ0n) is 23.3. The average molecular weight is 571 g/mol. The summed E-state index contributed by atoms with van der Waals surface area (Å²) in [7, 11) is 1.99. The second kappa shape index (κ2) is 10.7. The standard InChI is InChI=1S/C30H37Cl2N5O2/c1-6-9-33-28(38)21-11-23-25(13-24(21)37-15-18-10-19(18)16-37)36(5)26(35-23)12-20-22(31)8-7-17(27(20)32)14-34-29(39)30(2,3)4/h7-8,11,13,18-19H,6,9-10,12,14-16H2,1-5H3,(H,33,38)(H,34,39). The number of aromatic nitrogens is 2. The highest BCUT2D eigenvalue weighted by Crippen LogP contribution is 2.47. The van der Waals surface area contributed by atoms with E-state index in [1.54, 1.807) is 0 Å². The normalized spacial score (nSPS) is 18.4. The van der Waals surface area contributed by atoms with Crippen molar-refractivity contribution in [2.24, 2.45) is 24.3 Å². The molecule has 1 aromatic heterocycles. The fraction of sp³-hybridized carbons (Fsp3) is 0.500. The van der Waals surface area contributed by atoms with Crippen LogP contribution >= 0.6 is 23.2 Å². The van der Waals surface area contributed by atoms with Crippen molar-refractivity contribution in [3.63, 3.8) is 0 Å². The molecule has 2 aliphatic rings. The molecule has 1 aliphatic carbocycles. The number of hydrogen-bond donors (Lipinski definition) is 2. The number of carbonyl (C=O) groups is 2. The molecule has 208 valence electrons. The average Bonchev–Trinajstić information content (AvgIpc) is 3.38. The van der Waals surface area contributed by atoms with Crippen LogP contribution in [0.5, 0.6) is 0 Å². The van der Waals surface area contributed by atoms with E-state index in [2.05, 4.69) is 26.2 Å². The zero-order chi connectivity index (χ0) is 28.1. The van der Waals surface area contributed by atoms with Crippen molar-refractivity contribution in [3.8, 4) is 0 Å². The number of anilines is 1. The number of aryl methyl sites for hydroxylation is 1. The second-order valence-corrected chi connectivity index (χ2v) is 12.8. The number of nitrogens with one attached hydrogen (secondary N) is 2. The Morgan fingerprint density at radius 2 is 1.82 bits per heavy atom. The highest BCUT2D eigenvalue weighted by molar-refractivity contribution is 6.36. The fourth-order valence-electron chi connectivity index (χ4n) is 5.35. The van der Waals surface area contributed by atoms with Gasteiger partial charge in [0.25, 0.3) is 5.91 Å². The van der Waals surface area contributed by atoms with E-state index < -0.39 is 5.41 Å². The van der Waals surface area contributed by atoms with Crippen LogP contribution in [0.4, 0.5) is 5.69 Å². The lowest BCUT2D eigenvalue weighted by molar-refractivity contribution is -0.128. The van der Waals surface area contributed by atoms with Crippen molar-refractivity contribution < 1.29 is 9.59 Å². The number of benzene rings is 2. The molecule has 9 heteroatoms. The Kier molecular flexibility index (Phi) is 7.59. The number of nitrogens with zero attached hydrogens (tertiary/aromatic N) is 3. The Hall–Kier alpha value is -2.77. The van der Waals surface area contributed by atoms with Gasteiger partial charge in [-0.2, -0.15) is 0 Å². The molecular formula is C30H37Cl2N5O2. The Bertz CT molecular complexity index is 1430. The summed E-state index contributed by atoms with van der Waals surface area (Å²) in [5.41, 5.74) is 4.46. The van der Waals surface area contributed by atoms with E-state index >= 15 is 0 Å². The maximum Gasteiger partial charge on any atom is 0.253 e. The SMILES string of the molecule is CCCNC(=O)c1cc2nc(Cc3c(Cl)ccc(CNC(=O)C(C)(C)C)c3Cl)n(C)c2cc1N1CC2CC2C1. The molecule has 7 nitrogen and oxygen atoms in total. The Balaban J connectivity index is 1.47. The van der Waals surface area contributed by atoms with Gasteiger partial charge in [0.05, 0.1) is 27.3 Å². The third-order valence-electron chi connectivity index (χ3n) is 7.91. The highest BCUT2D eigenvalue weighted by atomic mass is 35.5. The first-order valence-electron chi connectivity index (χ1n) is 13.7. The lowest BCUT2D eigenvalue weighted by Crippen LogP contribution is -2.34. The highest BCUT2D eigenvalue weighted by Gasteiger charge is 2.45. The summed E-state index contributed by atoms with van der Waals surface area (Å²) >= 11 is 13.4. The maximum atomic E-state index is 13.2. The molecule has 39 heavy (non-hydrogen) atoms. The molecule has 2 fully saturated rings. The number of halogens is 2. The van der Waals surface area contributed by atoms with Crippen molar-refractivity contribution in [2.45, 2.75) is 53.5 Å². The monoisotopic (exact) mass is 569 g/mol. The Morgan fingerprint density at radius 3 is 2.49 bits per heavy atom. The molecule has 2 atom stereocenters. The third kappa shape index (κ3) is 5.62. The van der Waals surface area contributed by atoms with Crippen LogP contribution in [-0.2, 0) is 24.8 Å². The first-order chi connectivity index (χ1) is 18.5. The molecule has 0 radical (unpaired) electrons. The van der Waals surface area contributed by atoms with Gasteiger partial charge in [0, 0.05) is 50.1 Å². The molecule has 2 heterocycles. The minimum atomic E-state index is -0.491. The van der Waals surface area contributed by atoms with E-state index in [9.17, 15) is 9.59 Å². The number of imidazole rings is 1. The van der Waals surface area contributed by atoms with Gasteiger partial charge in [0.1, 0.15) is 5.82 Å². The molecule has 2 unspecified atom stereocenters. The van der Waals surface area contributed by atoms with Crippen molar-refractivity contribution in [2.75, 3.05) is 24.5 Å². The summed E-state index contributed by atoms with van der Waals surface area (Å²) < 4.78 is 2.06. The molecule has 3 aromatic rings. The first kappa shape index (κ1) is 27.8. The van der Waals surface area contributed by atoms with Gasteiger partial charge >= 0.3 is 0 Å². The van der Waals surface area contributed by atoms with Gasteiger partial charge in [-0.1, -0.05) is 57.0 Å². The molecule has 2 aromatic carbocycles. The second-order valence-electron chi connectivity index (χ2n) is 12.0. The van der Waals surface area contributed by atoms with Crippen LogP contribution < -0.4 is 15.5 Å². The van der Waals surface area contributed by atoms with Crippen molar-refractivity contribution in [3.05, 3.63) is 56.8 Å². The minimum Gasteiger partial charge on any atom is -0.370 e. The van der Waals surface area contributed by atoms with Crippen LogP contribution in [0, 0.1) is 17.3 Å². The number of piperidine rings is 1. The van der Waals surface area contributed by atoms with E-state index in [-0.39, 0.29) is 11.8 Å². The van der Waals surface area contributed by atoms with Gasteiger partial charge in [-0.05, 0) is 54.0 Å². The maximum absolute atomic E-state index is 13.2. The molecule has 1 saturated heterocycles. The zero-order valence-corrected chi connectivity index (χ0v) is 24.8. The predicted octanol–water partition coefficient (Wildman–Crippen LogP) is 5.73. The van der Waals surface area contributed by atoms with Crippen molar-refractivity contribution in [1.82, 2.24) is 20.2 Å². The van der Waals surface area contributed by atoms with E-state index in [1.807, 2.05) is 52.9 Å². The Labute approximate surface area is 240 Å². The van der Waals surface area contributed by atoms with Crippen LogP contribution in [0.1, 0.15) is 67.8 Å². The van der Waals surface area contributed by atoms with Crippen LogP contribution in [0.2, 0.25) is 10.0 Å². The van der Waals surface area contributed by atoms with Crippen molar-refractivity contribution >= 4 is 51.7 Å². The number of rotatable bonds is 8. The molecule has 0 bridgehead atoms. The van der Waals surface area contributed by atoms with Gasteiger partial charge in [-0.3, -0.25) is 9.59 Å². The largest absolute Gasteiger partial charge is 0.370 e. The summed E-state index contributed by atoms with van der Waals surface area (Å²) in [5, 5.41) is 7.09. The lowest BCUT2D eigenvalue weighted by atomic mass is 9.95. The summed E-state index contributed by atoms with van der Waals surface area (Å²) in [6.45, 7) is 10.6. The molecule has 1 aliphatic heterocycles. The van der Waals surface area contributed by atoms with E-state index in [1.165, 1.54) is 6.42 Å². The van der Waals surface area contributed by atoms with Gasteiger partial charge < -0.3 is 20.1 Å². The van der Waals surface area contributed by atoms with E-state index in [0.717, 1.165) is 65.0 Å². The molecule has 1 saturated carbocycles. The predicted molar refractivity (Wildman–Crippen MR) is 158 cm³/mol. The fourth-order valence-corrected chi connectivity index (χ4v) is 5.92. The summed E-state index contributed by atoms with van der Waals surface area (Å²) in [5.74, 6) is 2.19. The van der Waals surface area contributed by atoms with Crippen LogP contribution in [0.25, 0.3) is 11.0 Å². The van der Waals surface area contributed by atoms with E-state index in [0.29, 0.717) is 35.1 Å². The molecule has 2 N–H and O–H groups in total. The molecule has 2 amide bonds. The lowest BCUT2D eigenvalue weighted by Gasteiger charge is -2.23. The van der Waals surface area contributed by atoms with Gasteiger partial charge in [0.15, 0.2) is 0 Å². The quantitative estimate of drug-likeness (QED) is 0.363. The number of fused-ring (bicyclic) bond motifs is 2. The summed E-state index contributed by atoms with van der Waals surface area (Å²) in [6, 6.07) is 7.70. The molecule has 0 spiro atoms. The van der Waals surface area contributed by atoms with Gasteiger partial charge in [0.2, 0.25) is 5.91 Å². The minimum absolute atomic E-state index is 0.0460. The third-order valence-corrected chi connectivity index (χ3v) is 8.74. The van der Waals surface area contributed by atoms with Crippen molar-refractivity contribution in [1.29, 1.82) is 0 Å². The van der Waals surface area contributed by atoms with E-state index in [4.69, 9.17) is 28.2 Å². The Morgan fingerprint density at radius 1 is 1.10 bits per heavy atom. The van der Waals surface area contributed by atoms with Crippen LogP contribution in [0.15, 0.2) is 24.3 Å². The number of amides is 2. The van der Waals surface area contributed by atoms with Gasteiger partial charge in [-0.25, -0.2) is 4.98 Å².